The third-order valence-electron chi connectivity index (χ3n) is 4.04. The van der Waals surface area contributed by atoms with Gasteiger partial charge in [-0.05, 0) is 44.5 Å². The first-order chi connectivity index (χ1) is 12.3. The number of aliphatic imine (C=N–C) groups is 1. The molecule has 4 N–H and O–H groups in total. The lowest BCUT2D eigenvalue weighted by Crippen LogP contribution is -2.26. The summed E-state index contributed by atoms with van der Waals surface area (Å²) in [5, 5.41) is 6.18. The molecule has 0 amide bonds. The van der Waals surface area contributed by atoms with Crippen LogP contribution in [0.3, 0.4) is 0 Å². The Morgan fingerprint density at radius 3 is 2.73 bits per heavy atom. The van der Waals surface area contributed by atoms with Gasteiger partial charge in [-0.1, -0.05) is 18.7 Å². The lowest BCUT2D eigenvalue weighted by molar-refractivity contribution is 0.622. The van der Waals surface area contributed by atoms with E-state index in [1.54, 1.807) is 13.1 Å². The zero-order chi connectivity index (χ0) is 19.3. The molecule has 0 radical (unpaired) electrons. The Labute approximate surface area is 154 Å². The van der Waals surface area contributed by atoms with Crippen LogP contribution in [0.1, 0.15) is 30.5 Å². The minimum atomic E-state index is -0.440. The van der Waals surface area contributed by atoms with E-state index >= 15 is 0 Å². The van der Waals surface area contributed by atoms with Gasteiger partial charge in [0.2, 0.25) is 0 Å². The van der Waals surface area contributed by atoms with E-state index in [9.17, 15) is 4.39 Å². The van der Waals surface area contributed by atoms with Crippen molar-refractivity contribution in [3.05, 3.63) is 53.4 Å². The van der Waals surface area contributed by atoms with Gasteiger partial charge in [0.05, 0.1) is 0 Å². The van der Waals surface area contributed by atoms with Crippen molar-refractivity contribution >= 4 is 29.1 Å². The zero-order valence-corrected chi connectivity index (χ0v) is 15.7. The van der Waals surface area contributed by atoms with Crippen LogP contribution in [-0.2, 0) is 0 Å². The van der Waals surface area contributed by atoms with Crippen LogP contribution in [0, 0.1) is 12.7 Å². The molecule has 138 valence electrons. The fourth-order valence-corrected chi connectivity index (χ4v) is 2.49. The molecule has 0 saturated carbocycles. The number of nitrogens with two attached hydrogens (primary N) is 1. The van der Waals surface area contributed by atoms with Crippen molar-refractivity contribution in [1.82, 2.24) is 4.98 Å². The maximum atomic E-state index is 14.2. The van der Waals surface area contributed by atoms with Gasteiger partial charge in [-0.3, -0.25) is 4.99 Å². The van der Waals surface area contributed by atoms with Gasteiger partial charge >= 0.3 is 0 Å². The number of nitrogens with zero attached hydrogens (tertiary/aromatic N) is 2. The molecule has 0 aliphatic heterocycles. The van der Waals surface area contributed by atoms with Gasteiger partial charge in [0, 0.05) is 42.2 Å². The van der Waals surface area contributed by atoms with Crippen LogP contribution < -0.4 is 16.4 Å². The highest BCUT2D eigenvalue weighted by atomic mass is 19.1. The summed E-state index contributed by atoms with van der Waals surface area (Å²) in [5.41, 5.74) is 10.3. The largest absolute Gasteiger partial charge is 0.366 e. The Kier molecular flexibility index (Phi) is 6.46. The van der Waals surface area contributed by atoms with Crippen molar-refractivity contribution in [1.29, 1.82) is 0 Å². The molecule has 0 fully saturated rings. The molecule has 5 nitrogen and oxygen atoms in total. The van der Waals surface area contributed by atoms with E-state index in [2.05, 4.69) is 27.2 Å². The molecular weight excluding hydrogens is 329 g/mol. The Morgan fingerprint density at radius 1 is 1.38 bits per heavy atom. The molecule has 26 heavy (non-hydrogen) atoms. The molecule has 1 heterocycles. The van der Waals surface area contributed by atoms with E-state index < -0.39 is 5.82 Å². The third-order valence-corrected chi connectivity index (χ3v) is 4.04. The van der Waals surface area contributed by atoms with E-state index in [1.165, 1.54) is 6.07 Å². The SMILES string of the molecule is C=Cc1cc(F)c(NCC(C)N)nc1Nc1ccc(C)c(C(C)=NC)c1. The first-order valence-electron chi connectivity index (χ1n) is 8.49. The van der Waals surface area contributed by atoms with Crippen LogP contribution in [0.2, 0.25) is 0 Å². The number of halogens is 1. The molecule has 0 bridgehead atoms. The van der Waals surface area contributed by atoms with Crippen molar-refractivity contribution in [2.75, 3.05) is 24.2 Å². The summed E-state index contributed by atoms with van der Waals surface area (Å²) in [6.07, 6.45) is 1.57. The monoisotopic (exact) mass is 355 g/mol. The number of rotatable bonds is 7. The fraction of sp³-hybridized carbons (Fsp3) is 0.300. The molecule has 1 aromatic carbocycles. The Balaban J connectivity index is 2.39. The number of hydrogen-bond acceptors (Lipinski definition) is 5. The highest BCUT2D eigenvalue weighted by Crippen LogP contribution is 2.26. The Bertz CT molecular complexity index is 827. The summed E-state index contributed by atoms with van der Waals surface area (Å²) in [6, 6.07) is 7.26. The molecule has 1 unspecified atom stereocenters. The van der Waals surface area contributed by atoms with Crippen molar-refractivity contribution < 1.29 is 4.39 Å². The maximum absolute atomic E-state index is 14.2. The van der Waals surface area contributed by atoms with Gasteiger partial charge in [-0.25, -0.2) is 9.37 Å². The number of hydrogen-bond donors (Lipinski definition) is 3. The summed E-state index contributed by atoms with van der Waals surface area (Å²) >= 11 is 0. The summed E-state index contributed by atoms with van der Waals surface area (Å²) in [6.45, 7) is 10.0. The van der Waals surface area contributed by atoms with Crippen LogP contribution in [-0.4, -0.2) is 30.3 Å². The summed E-state index contributed by atoms with van der Waals surface area (Å²) < 4.78 is 14.2. The first-order valence-corrected chi connectivity index (χ1v) is 8.49. The van der Waals surface area contributed by atoms with Gasteiger partial charge in [0.1, 0.15) is 5.82 Å². The van der Waals surface area contributed by atoms with Gasteiger partial charge < -0.3 is 16.4 Å². The number of aromatic nitrogens is 1. The van der Waals surface area contributed by atoms with E-state index in [-0.39, 0.29) is 11.9 Å². The summed E-state index contributed by atoms with van der Waals surface area (Å²) in [7, 11) is 1.77. The van der Waals surface area contributed by atoms with Crippen molar-refractivity contribution in [2.24, 2.45) is 10.7 Å². The van der Waals surface area contributed by atoms with E-state index in [0.717, 1.165) is 22.5 Å². The van der Waals surface area contributed by atoms with Crippen LogP contribution >= 0.6 is 0 Å². The number of pyridine rings is 1. The molecular formula is C20H26FN5. The molecule has 2 aromatic rings. The molecule has 2 rings (SSSR count). The topological polar surface area (TPSA) is 75.3 Å². The van der Waals surface area contributed by atoms with E-state index in [0.29, 0.717) is 17.9 Å². The number of aryl methyl sites for hydroxylation is 1. The summed E-state index contributed by atoms with van der Waals surface area (Å²) in [4.78, 5) is 8.63. The second kappa shape index (κ2) is 8.58. The lowest BCUT2D eigenvalue weighted by atomic mass is 10.0. The third kappa shape index (κ3) is 4.67. The van der Waals surface area contributed by atoms with Crippen molar-refractivity contribution in [3.63, 3.8) is 0 Å². The Morgan fingerprint density at radius 2 is 2.12 bits per heavy atom. The predicted molar refractivity (Wildman–Crippen MR) is 109 cm³/mol. The maximum Gasteiger partial charge on any atom is 0.166 e. The quantitative estimate of drug-likeness (QED) is 0.653. The van der Waals surface area contributed by atoms with E-state index in [1.807, 2.05) is 39.0 Å². The van der Waals surface area contributed by atoms with Crippen LogP contribution in [0.4, 0.5) is 21.7 Å². The summed E-state index contributed by atoms with van der Waals surface area (Å²) in [5.74, 6) is 0.244. The molecule has 0 aliphatic rings. The van der Waals surface area contributed by atoms with Crippen LogP contribution in [0.25, 0.3) is 6.08 Å². The minimum Gasteiger partial charge on any atom is -0.366 e. The first kappa shape index (κ1) is 19.6. The molecule has 6 heteroatoms. The molecule has 0 saturated heterocycles. The van der Waals surface area contributed by atoms with E-state index in [4.69, 9.17) is 5.73 Å². The molecule has 1 atom stereocenters. The van der Waals surface area contributed by atoms with Gasteiger partial charge in [0.25, 0.3) is 0 Å². The van der Waals surface area contributed by atoms with Gasteiger partial charge in [-0.15, -0.1) is 0 Å². The Hall–Kier alpha value is -2.73. The van der Waals surface area contributed by atoms with Crippen LogP contribution in [0.5, 0.6) is 0 Å². The fourth-order valence-electron chi connectivity index (χ4n) is 2.49. The normalized spacial score (nSPS) is 12.6. The standard InChI is InChI=1S/C20H26FN5/c1-6-15-9-18(21)20(24-11-13(3)22)26-19(15)25-16-8-7-12(2)17(10-16)14(4)23-5/h6-10,13H,1,11,22H2,2-5H3,(H2,24,25,26). The average molecular weight is 355 g/mol. The van der Waals surface area contributed by atoms with Crippen molar-refractivity contribution in [3.8, 4) is 0 Å². The van der Waals surface area contributed by atoms with Crippen molar-refractivity contribution in [2.45, 2.75) is 26.8 Å². The molecule has 1 aromatic heterocycles. The lowest BCUT2D eigenvalue weighted by Gasteiger charge is -2.15. The van der Waals surface area contributed by atoms with Gasteiger partial charge in [0.15, 0.2) is 11.6 Å². The number of benzene rings is 1. The van der Waals surface area contributed by atoms with Gasteiger partial charge in [-0.2, -0.15) is 0 Å². The molecule has 0 aliphatic carbocycles. The number of anilines is 3. The highest BCUT2D eigenvalue weighted by molar-refractivity contribution is 6.00. The smallest absolute Gasteiger partial charge is 0.166 e. The second-order valence-corrected chi connectivity index (χ2v) is 6.28. The molecule has 0 spiro atoms. The average Bonchev–Trinajstić information content (AvgIpc) is 2.62. The number of nitrogens with one attached hydrogen (secondary N) is 2. The predicted octanol–water partition coefficient (Wildman–Crippen LogP) is 4.11. The highest BCUT2D eigenvalue weighted by Gasteiger charge is 2.12. The second-order valence-electron chi connectivity index (χ2n) is 6.28. The minimum absolute atomic E-state index is 0.109. The van der Waals surface area contributed by atoms with Crippen LogP contribution in [0.15, 0.2) is 35.8 Å². The zero-order valence-electron chi connectivity index (χ0n) is 15.7.